The van der Waals surface area contributed by atoms with Gasteiger partial charge in [-0.3, -0.25) is 4.79 Å². The Morgan fingerprint density at radius 2 is 2.04 bits per heavy atom. The van der Waals surface area contributed by atoms with Gasteiger partial charge in [-0.1, -0.05) is 24.3 Å². The molecular formula is C21H18FNO3S. The van der Waals surface area contributed by atoms with Gasteiger partial charge >= 0.3 is 5.97 Å². The lowest BCUT2D eigenvalue weighted by molar-refractivity contribution is -0.125. The fourth-order valence-corrected chi connectivity index (χ4v) is 4.39. The van der Waals surface area contributed by atoms with Crippen molar-refractivity contribution in [1.82, 2.24) is 5.32 Å². The molecule has 0 spiro atoms. The molecular weight excluding hydrogens is 365 g/mol. The Balaban J connectivity index is 1.37. The van der Waals surface area contributed by atoms with Crippen LogP contribution in [-0.2, 0) is 16.0 Å². The van der Waals surface area contributed by atoms with Crippen molar-refractivity contribution in [3.63, 3.8) is 0 Å². The summed E-state index contributed by atoms with van der Waals surface area (Å²) in [5.41, 5.74) is 2.39. The van der Waals surface area contributed by atoms with Gasteiger partial charge in [0.2, 0.25) is 0 Å². The lowest BCUT2D eigenvalue weighted by Crippen LogP contribution is -2.34. The number of halogens is 1. The molecule has 0 fully saturated rings. The fourth-order valence-electron chi connectivity index (χ4n) is 3.46. The maximum absolute atomic E-state index is 13.3. The standard InChI is InChI=1S/C21H18FNO3S/c22-15-8-9-18-14(10-15)11-19(27-18)21(25)26-12-20(24)23-17-7-3-5-13-4-1-2-6-16(13)17/h1-2,4,6,8-11,17H,3,5,7,12H2,(H,23,24)/t17-/m0/s1. The van der Waals surface area contributed by atoms with Gasteiger partial charge in [0, 0.05) is 4.70 Å². The summed E-state index contributed by atoms with van der Waals surface area (Å²) < 4.78 is 19.2. The molecule has 0 radical (unpaired) electrons. The predicted molar refractivity (Wildman–Crippen MR) is 102 cm³/mol. The van der Waals surface area contributed by atoms with Crippen molar-refractivity contribution < 1.29 is 18.7 Å². The number of carbonyl (C=O) groups is 2. The number of nitrogens with one attached hydrogen (secondary N) is 1. The molecule has 1 aliphatic carbocycles. The van der Waals surface area contributed by atoms with Crippen LogP contribution in [0.5, 0.6) is 0 Å². The van der Waals surface area contributed by atoms with E-state index in [0.29, 0.717) is 10.3 Å². The number of aryl methyl sites for hydroxylation is 1. The van der Waals surface area contributed by atoms with Crippen LogP contribution in [0, 0.1) is 5.82 Å². The molecule has 2 aromatic carbocycles. The van der Waals surface area contributed by atoms with E-state index in [2.05, 4.69) is 11.4 Å². The van der Waals surface area contributed by atoms with E-state index in [9.17, 15) is 14.0 Å². The number of hydrogen-bond donors (Lipinski definition) is 1. The number of fused-ring (bicyclic) bond motifs is 2. The number of benzene rings is 2. The normalized spacial score (nSPS) is 16.0. The summed E-state index contributed by atoms with van der Waals surface area (Å²) in [6.07, 6.45) is 2.91. The molecule has 27 heavy (non-hydrogen) atoms. The van der Waals surface area contributed by atoms with Gasteiger partial charge in [0.15, 0.2) is 6.61 Å². The Hall–Kier alpha value is -2.73. The number of ether oxygens (including phenoxy) is 1. The second-order valence-electron chi connectivity index (χ2n) is 6.58. The third-order valence-corrected chi connectivity index (χ3v) is 5.81. The van der Waals surface area contributed by atoms with Crippen LogP contribution in [-0.4, -0.2) is 18.5 Å². The summed E-state index contributed by atoms with van der Waals surface area (Å²) in [5, 5.41) is 3.60. The van der Waals surface area contributed by atoms with Gasteiger partial charge in [0.05, 0.1) is 6.04 Å². The van der Waals surface area contributed by atoms with Crippen molar-refractivity contribution in [1.29, 1.82) is 0 Å². The summed E-state index contributed by atoms with van der Waals surface area (Å²) in [7, 11) is 0. The molecule has 0 unspecified atom stereocenters. The van der Waals surface area contributed by atoms with Gasteiger partial charge in [0.1, 0.15) is 10.7 Å². The summed E-state index contributed by atoms with van der Waals surface area (Å²) in [4.78, 5) is 24.8. The van der Waals surface area contributed by atoms with Crippen molar-refractivity contribution in [2.45, 2.75) is 25.3 Å². The number of esters is 1. The highest BCUT2D eigenvalue weighted by Crippen LogP contribution is 2.29. The molecule has 0 bridgehead atoms. The second kappa shape index (κ2) is 7.48. The highest BCUT2D eigenvalue weighted by atomic mass is 32.1. The minimum atomic E-state index is -0.573. The van der Waals surface area contributed by atoms with Crippen LogP contribution in [0.2, 0.25) is 0 Å². The number of amides is 1. The van der Waals surface area contributed by atoms with Crippen LogP contribution in [0.15, 0.2) is 48.5 Å². The van der Waals surface area contributed by atoms with E-state index in [0.717, 1.165) is 29.5 Å². The minimum absolute atomic E-state index is 0.0477. The lowest BCUT2D eigenvalue weighted by atomic mass is 9.88. The summed E-state index contributed by atoms with van der Waals surface area (Å²) in [5.74, 6) is -1.25. The predicted octanol–water partition coefficient (Wildman–Crippen LogP) is 4.39. The molecule has 3 aromatic rings. The molecule has 4 nitrogen and oxygen atoms in total. The molecule has 0 saturated carbocycles. The van der Waals surface area contributed by atoms with Crippen LogP contribution >= 0.6 is 11.3 Å². The van der Waals surface area contributed by atoms with Crippen LogP contribution < -0.4 is 5.32 Å². The third kappa shape index (κ3) is 3.85. The van der Waals surface area contributed by atoms with Gasteiger partial charge < -0.3 is 10.1 Å². The van der Waals surface area contributed by atoms with Gasteiger partial charge in [-0.2, -0.15) is 0 Å². The number of carbonyl (C=O) groups excluding carboxylic acids is 2. The van der Waals surface area contributed by atoms with E-state index in [1.165, 1.54) is 29.0 Å². The molecule has 0 aliphatic heterocycles. The molecule has 1 aromatic heterocycles. The molecule has 1 atom stereocenters. The maximum atomic E-state index is 13.3. The second-order valence-corrected chi connectivity index (χ2v) is 7.66. The highest BCUT2D eigenvalue weighted by molar-refractivity contribution is 7.20. The first-order valence-corrected chi connectivity index (χ1v) is 9.65. The zero-order valence-electron chi connectivity index (χ0n) is 14.5. The highest BCUT2D eigenvalue weighted by Gasteiger charge is 2.22. The molecule has 6 heteroatoms. The largest absolute Gasteiger partial charge is 0.451 e. The maximum Gasteiger partial charge on any atom is 0.348 e. The minimum Gasteiger partial charge on any atom is -0.451 e. The van der Waals surface area contributed by atoms with Crippen LogP contribution in [0.25, 0.3) is 10.1 Å². The zero-order valence-corrected chi connectivity index (χ0v) is 15.4. The average molecular weight is 383 g/mol. The van der Waals surface area contributed by atoms with Crippen LogP contribution in [0.1, 0.15) is 39.7 Å². The van der Waals surface area contributed by atoms with Crippen LogP contribution in [0.3, 0.4) is 0 Å². The van der Waals surface area contributed by atoms with Crippen molar-refractivity contribution >= 4 is 33.3 Å². The van der Waals surface area contributed by atoms with E-state index < -0.39 is 5.97 Å². The first-order chi connectivity index (χ1) is 13.1. The van der Waals surface area contributed by atoms with Gasteiger partial charge in [-0.15, -0.1) is 11.3 Å². The molecule has 0 saturated heterocycles. The quantitative estimate of drug-likeness (QED) is 0.680. The molecule has 1 aliphatic rings. The summed E-state index contributed by atoms with van der Waals surface area (Å²) in [6.45, 7) is -0.333. The van der Waals surface area contributed by atoms with Crippen molar-refractivity contribution in [3.05, 3.63) is 70.4 Å². The first-order valence-electron chi connectivity index (χ1n) is 8.83. The lowest BCUT2D eigenvalue weighted by Gasteiger charge is -2.26. The molecule has 1 amide bonds. The topological polar surface area (TPSA) is 55.4 Å². The molecule has 138 valence electrons. The van der Waals surface area contributed by atoms with Crippen molar-refractivity contribution in [3.8, 4) is 0 Å². The Morgan fingerprint density at radius 3 is 2.93 bits per heavy atom. The van der Waals surface area contributed by atoms with Crippen molar-refractivity contribution in [2.24, 2.45) is 0 Å². The SMILES string of the molecule is O=C(COC(=O)c1cc2cc(F)ccc2s1)N[C@H]1CCCc2ccccc21. The monoisotopic (exact) mass is 383 g/mol. The smallest absolute Gasteiger partial charge is 0.348 e. The van der Waals surface area contributed by atoms with E-state index in [4.69, 9.17) is 4.74 Å². The van der Waals surface area contributed by atoms with Gasteiger partial charge in [0.25, 0.3) is 5.91 Å². The average Bonchev–Trinajstić information content (AvgIpc) is 3.09. The Bertz CT molecular complexity index is 1010. The number of rotatable bonds is 4. The van der Waals surface area contributed by atoms with E-state index in [1.54, 1.807) is 12.1 Å². The Kier molecular flexibility index (Phi) is 4.90. The molecule has 1 N–H and O–H groups in total. The number of thiophene rings is 1. The Morgan fingerprint density at radius 1 is 1.19 bits per heavy atom. The first kappa shape index (κ1) is 17.7. The van der Waals surface area contributed by atoms with E-state index in [1.807, 2.05) is 18.2 Å². The van der Waals surface area contributed by atoms with Gasteiger partial charge in [-0.05, 0) is 60.0 Å². The zero-order chi connectivity index (χ0) is 18.8. The Labute approximate surface area is 160 Å². The fraction of sp³-hybridized carbons (Fsp3) is 0.238. The van der Waals surface area contributed by atoms with Crippen molar-refractivity contribution in [2.75, 3.05) is 6.61 Å². The van der Waals surface area contributed by atoms with Gasteiger partial charge in [-0.25, -0.2) is 9.18 Å². The molecule has 1 heterocycles. The summed E-state index contributed by atoms with van der Waals surface area (Å²) in [6, 6.07) is 14.0. The number of hydrogen-bond acceptors (Lipinski definition) is 4. The third-order valence-electron chi connectivity index (χ3n) is 4.72. The van der Waals surface area contributed by atoms with Crippen LogP contribution in [0.4, 0.5) is 4.39 Å². The summed E-state index contributed by atoms with van der Waals surface area (Å²) >= 11 is 1.22. The molecule has 4 rings (SSSR count). The van der Waals surface area contributed by atoms with E-state index in [-0.39, 0.29) is 24.4 Å². The van der Waals surface area contributed by atoms with E-state index >= 15 is 0 Å².